The number of aromatic nitrogens is 2. The number of aliphatic hydroxyl groups excluding tert-OH is 1. The third-order valence-corrected chi connectivity index (χ3v) is 5.74. The monoisotopic (exact) mass is 563 g/mol. The van der Waals surface area contributed by atoms with Gasteiger partial charge in [-0.1, -0.05) is 24.3 Å². The Bertz CT molecular complexity index is 1540. The average Bonchev–Trinajstić information content (AvgIpc) is 3.09. The topological polar surface area (TPSA) is 51.7 Å². The van der Waals surface area contributed by atoms with E-state index in [1.54, 1.807) is 24.3 Å². The summed E-state index contributed by atoms with van der Waals surface area (Å²) >= 11 is 0. The Morgan fingerprint density at radius 3 is 1.90 bits per heavy atom. The SMILES string of the molecule is Cn1/c(=N/c2ccc(OC(F)(F)F)cc2)n(Cc2ccc(CO)cc2)c2cc(C(F)(F)F)cc(C(F)(F)F)c21. The molecule has 0 aliphatic heterocycles. The Kier molecular flexibility index (Phi) is 7.19. The summed E-state index contributed by atoms with van der Waals surface area (Å²) in [6.45, 7) is -0.490. The highest BCUT2D eigenvalue weighted by Crippen LogP contribution is 2.40. The van der Waals surface area contributed by atoms with Crippen molar-refractivity contribution in [3.05, 3.63) is 88.5 Å². The van der Waals surface area contributed by atoms with Crippen molar-refractivity contribution in [2.45, 2.75) is 31.9 Å². The van der Waals surface area contributed by atoms with Gasteiger partial charge in [-0.25, -0.2) is 4.99 Å². The van der Waals surface area contributed by atoms with Crippen LogP contribution >= 0.6 is 0 Å². The normalized spacial score (nSPS) is 13.4. The van der Waals surface area contributed by atoms with Crippen molar-refractivity contribution in [3.8, 4) is 5.75 Å². The summed E-state index contributed by atoms with van der Waals surface area (Å²) in [6.07, 6.45) is -15.2. The molecule has 4 aromatic rings. The number of hydrogen-bond acceptors (Lipinski definition) is 3. The Labute approximate surface area is 214 Å². The van der Waals surface area contributed by atoms with Gasteiger partial charge < -0.3 is 19.0 Å². The first kappa shape index (κ1) is 28.1. The van der Waals surface area contributed by atoms with Gasteiger partial charge in [-0.05, 0) is 47.5 Å². The zero-order valence-corrected chi connectivity index (χ0v) is 19.8. The maximum absolute atomic E-state index is 14.0. The summed E-state index contributed by atoms with van der Waals surface area (Å²) in [5.74, 6) is -0.565. The van der Waals surface area contributed by atoms with E-state index in [0.29, 0.717) is 17.2 Å². The smallest absolute Gasteiger partial charge is 0.406 e. The Hall–Kier alpha value is -3.94. The van der Waals surface area contributed by atoms with Crippen LogP contribution < -0.4 is 10.4 Å². The summed E-state index contributed by atoms with van der Waals surface area (Å²) in [5.41, 5.74) is -3.23. The van der Waals surface area contributed by atoms with Gasteiger partial charge in [0.15, 0.2) is 0 Å². The van der Waals surface area contributed by atoms with Crippen LogP contribution in [0.4, 0.5) is 45.2 Å². The number of rotatable bonds is 5. The molecule has 0 aliphatic carbocycles. The van der Waals surface area contributed by atoms with Crippen molar-refractivity contribution in [1.29, 1.82) is 0 Å². The average molecular weight is 563 g/mol. The van der Waals surface area contributed by atoms with Crippen LogP contribution in [-0.2, 0) is 32.6 Å². The number of fused-ring (bicyclic) bond motifs is 1. The van der Waals surface area contributed by atoms with Crippen molar-refractivity contribution >= 4 is 16.7 Å². The van der Waals surface area contributed by atoms with Gasteiger partial charge in [0.25, 0.3) is 0 Å². The number of halogens is 9. The predicted molar refractivity (Wildman–Crippen MR) is 121 cm³/mol. The summed E-state index contributed by atoms with van der Waals surface area (Å²) in [4.78, 5) is 4.26. The lowest BCUT2D eigenvalue weighted by atomic mass is 10.1. The maximum Gasteiger partial charge on any atom is 0.573 e. The van der Waals surface area contributed by atoms with Crippen LogP contribution in [0.3, 0.4) is 0 Å². The molecule has 3 aromatic carbocycles. The number of benzene rings is 3. The molecule has 4 rings (SSSR count). The quantitative estimate of drug-likeness (QED) is 0.275. The van der Waals surface area contributed by atoms with Gasteiger partial charge in [0, 0.05) is 7.05 Å². The van der Waals surface area contributed by atoms with Gasteiger partial charge in [0.05, 0.1) is 41.0 Å². The molecule has 1 heterocycles. The summed E-state index contributed by atoms with van der Waals surface area (Å²) in [5, 5.41) is 9.26. The molecule has 1 aromatic heterocycles. The zero-order chi connectivity index (χ0) is 28.8. The molecule has 0 bridgehead atoms. The Balaban J connectivity index is 2.00. The fourth-order valence-electron chi connectivity index (χ4n) is 4.01. The van der Waals surface area contributed by atoms with E-state index in [0.717, 1.165) is 33.4 Å². The number of alkyl halides is 9. The van der Waals surface area contributed by atoms with Crippen molar-refractivity contribution in [2.75, 3.05) is 0 Å². The summed E-state index contributed by atoms with van der Waals surface area (Å²) in [6, 6.07) is 10.9. The highest BCUT2D eigenvalue weighted by atomic mass is 19.4. The molecule has 0 aliphatic rings. The standard InChI is InChI=1S/C25H18F9N3O2/c1-36-21-19(24(29,30)31)10-16(23(26,27)28)11-20(21)37(12-14-2-4-15(13-38)5-3-14)22(36)35-17-6-8-18(9-7-17)39-25(32,33)34/h2-11,38H,12-13H2,1H3/b35-22-. The molecule has 0 unspecified atom stereocenters. The molecule has 0 saturated carbocycles. The third-order valence-electron chi connectivity index (χ3n) is 5.74. The van der Waals surface area contributed by atoms with Gasteiger partial charge in [-0.3, -0.25) is 0 Å². The Morgan fingerprint density at radius 1 is 0.795 bits per heavy atom. The summed E-state index contributed by atoms with van der Waals surface area (Å²) < 4.78 is 126. The van der Waals surface area contributed by atoms with Crippen LogP contribution in [0.2, 0.25) is 0 Å². The van der Waals surface area contributed by atoms with Crippen molar-refractivity contribution in [3.63, 3.8) is 0 Å². The fraction of sp³-hybridized carbons (Fsp3) is 0.240. The lowest BCUT2D eigenvalue weighted by Crippen LogP contribution is -2.24. The number of nitrogens with zero attached hydrogens (tertiary/aromatic N) is 3. The molecule has 208 valence electrons. The molecule has 39 heavy (non-hydrogen) atoms. The first-order valence-corrected chi connectivity index (χ1v) is 11.0. The molecule has 0 spiro atoms. The van der Waals surface area contributed by atoms with E-state index in [1.807, 2.05) is 0 Å². The molecule has 0 atom stereocenters. The van der Waals surface area contributed by atoms with E-state index in [1.165, 1.54) is 7.05 Å². The number of imidazole rings is 1. The van der Waals surface area contributed by atoms with E-state index in [4.69, 9.17) is 0 Å². The number of aryl methyl sites for hydroxylation is 1. The van der Waals surface area contributed by atoms with Gasteiger partial charge in [-0.15, -0.1) is 13.2 Å². The van der Waals surface area contributed by atoms with E-state index >= 15 is 0 Å². The number of ether oxygens (including phenoxy) is 1. The van der Waals surface area contributed by atoms with E-state index in [2.05, 4.69) is 9.73 Å². The molecule has 5 nitrogen and oxygen atoms in total. The first-order chi connectivity index (χ1) is 18.1. The van der Waals surface area contributed by atoms with Gasteiger partial charge in [-0.2, -0.15) is 26.3 Å². The van der Waals surface area contributed by atoms with Crippen LogP contribution in [0.25, 0.3) is 11.0 Å². The van der Waals surface area contributed by atoms with Gasteiger partial charge in [0.1, 0.15) is 5.75 Å². The second-order valence-electron chi connectivity index (χ2n) is 8.46. The number of hydrogen-bond donors (Lipinski definition) is 1. The molecule has 0 saturated heterocycles. The minimum absolute atomic E-state index is 0.00409. The Morgan fingerprint density at radius 2 is 1.38 bits per heavy atom. The van der Waals surface area contributed by atoms with Crippen LogP contribution in [0, 0.1) is 0 Å². The van der Waals surface area contributed by atoms with Crippen molar-refractivity contribution < 1.29 is 49.4 Å². The lowest BCUT2D eigenvalue weighted by molar-refractivity contribution is -0.274. The van der Waals surface area contributed by atoms with Crippen LogP contribution in [0.1, 0.15) is 22.3 Å². The van der Waals surface area contributed by atoms with E-state index in [-0.39, 0.29) is 30.5 Å². The van der Waals surface area contributed by atoms with Crippen LogP contribution in [0.15, 0.2) is 65.7 Å². The summed E-state index contributed by atoms with van der Waals surface area (Å²) in [7, 11) is 1.19. The molecular weight excluding hydrogens is 545 g/mol. The minimum atomic E-state index is -5.15. The molecule has 14 heteroatoms. The molecular formula is C25H18F9N3O2. The van der Waals surface area contributed by atoms with Crippen LogP contribution in [0.5, 0.6) is 5.75 Å². The largest absolute Gasteiger partial charge is 0.573 e. The van der Waals surface area contributed by atoms with E-state index < -0.39 is 46.6 Å². The predicted octanol–water partition coefficient (Wildman–Crippen LogP) is 6.69. The highest BCUT2D eigenvalue weighted by molar-refractivity contribution is 5.82. The lowest BCUT2D eigenvalue weighted by Gasteiger charge is -2.14. The van der Waals surface area contributed by atoms with Gasteiger partial charge >= 0.3 is 18.7 Å². The fourth-order valence-corrected chi connectivity index (χ4v) is 4.01. The van der Waals surface area contributed by atoms with Crippen molar-refractivity contribution in [1.82, 2.24) is 9.13 Å². The number of aliphatic hydroxyl groups is 1. The molecule has 0 amide bonds. The minimum Gasteiger partial charge on any atom is -0.406 e. The molecule has 0 fully saturated rings. The highest BCUT2D eigenvalue weighted by Gasteiger charge is 2.40. The van der Waals surface area contributed by atoms with E-state index in [9.17, 15) is 44.6 Å². The van der Waals surface area contributed by atoms with Crippen LogP contribution in [-0.4, -0.2) is 20.6 Å². The first-order valence-electron chi connectivity index (χ1n) is 11.0. The van der Waals surface area contributed by atoms with Gasteiger partial charge in [0.2, 0.25) is 5.62 Å². The molecule has 1 N–H and O–H groups in total. The maximum atomic E-state index is 14.0. The second-order valence-corrected chi connectivity index (χ2v) is 8.46. The second kappa shape index (κ2) is 9.98. The van der Waals surface area contributed by atoms with Crippen molar-refractivity contribution in [2.24, 2.45) is 12.0 Å². The third kappa shape index (κ3) is 6.21. The molecule has 0 radical (unpaired) electrons. The zero-order valence-electron chi connectivity index (χ0n) is 19.8.